The highest BCUT2D eigenvalue weighted by molar-refractivity contribution is 5.74. The molecule has 4 heteroatoms. The molecule has 1 aliphatic rings. The Balaban J connectivity index is 2.14. The van der Waals surface area contributed by atoms with Crippen LogP contribution in [0.5, 0.6) is 0 Å². The van der Waals surface area contributed by atoms with Gasteiger partial charge in [-0.05, 0) is 19.3 Å². The largest absolute Gasteiger partial charge is 0.385 e. The fourth-order valence-corrected chi connectivity index (χ4v) is 1.90. The zero-order chi connectivity index (χ0) is 11.1. The van der Waals surface area contributed by atoms with Crippen LogP contribution in [0.3, 0.4) is 0 Å². The molecule has 0 heterocycles. The van der Waals surface area contributed by atoms with E-state index in [1.54, 1.807) is 12.0 Å². The molecule has 1 N–H and O–H groups in total. The fourth-order valence-electron chi connectivity index (χ4n) is 1.90. The predicted molar refractivity (Wildman–Crippen MR) is 59.9 cm³/mol. The van der Waals surface area contributed by atoms with Crippen molar-refractivity contribution in [1.82, 2.24) is 10.2 Å². The molecular formula is C11H22N2O2. The van der Waals surface area contributed by atoms with E-state index in [0.29, 0.717) is 12.6 Å². The van der Waals surface area contributed by atoms with E-state index in [9.17, 15) is 4.79 Å². The van der Waals surface area contributed by atoms with Gasteiger partial charge < -0.3 is 15.0 Å². The van der Waals surface area contributed by atoms with E-state index in [2.05, 4.69) is 5.32 Å². The maximum Gasteiger partial charge on any atom is 0.317 e. The van der Waals surface area contributed by atoms with E-state index in [1.807, 2.05) is 7.05 Å². The van der Waals surface area contributed by atoms with Crippen molar-refractivity contribution in [2.75, 3.05) is 27.3 Å². The number of carbonyl (C=O) groups is 1. The third kappa shape index (κ3) is 4.51. The first kappa shape index (κ1) is 12.3. The Morgan fingerprint density at radius 1 is 1.47 bits per heavy atom. The highest BCUT2D eigenvalue weighted by atomic mass is 16.5. The van der Waals surface area contributed by atoms with E-state index >= 15 is 0 Å². The first-order valence-electron chi connectivity index (χ1n) is 5.74. The first-order chi connectivity index (χ1) is 7.24. The standard InChI is InChI=1S/C11H22N2O2/c1-13(8-5-9-15-2)11(14)12-10-6-3-4-7-10/h10H,3-9H2,1-2H3,(H,12,14). The third-order valence-corrected chi connectivity index (χ3v) is 2.87. The molecule has 1 fully saturated rings. The topological polar surface area (TPSA) is 41.6 Å². The number of nitrogens with one attached hydrogen (secondary N) is 1. The predicted octanol–water partition coefficient (Wildman–Crippen LogP) is 1.61. The van der Waals surface area contributed by atoms with Gasteiger partial charge in [0, 0.05) is 33.4 Å². The van der Waals surface area contributed by atoms with E-state index in [1.165, 1.54) is 12.8 Å². The molecule has 88 valence electrons. The molecule has 1 rings (SSSR count). The van der Waals surface area contributed by atoms with E-state index < -0.39 is 0 Å². The van der Waals surface area contributed by atoms with Crippen LogP contribution in [0.25, 0.3) is 0 Å². The van der Waals surface area contributed by atoms with Gasteiger partial charge in [0.2, 0.25) is 0 Å². The second kappa shape index (κ2) is 6.67. The Labute approximate surface area is 92.0 Å². The van der Waals surface area contributed by atoms with Gasteiger partial charge in [-0.25, -0.2) is 4.79 Å². The molecule has 0 aliphatic heterocycles. The molecule has 0 aromatic rings. The summed E-state index contributed by atoms with van der Waals surface area (Å²) in [4.78, 5) is 13.4. The lowest BCUT2D eigenvalue weighted by Gasteiger charge is -2.20. The van der Waals surface area contributed by atoms with Crippen molar-refractivity contribution in [3.05, 3.63) is 0 Å². The van der Waals surface area contributed by atoms with Crippen LogP contribution in [-0.4, -0.2) is 44.3 Å². The number of hydrogen-bond acceptors (Lipinski definition) is 2. The number of nitrogens with zero attached hydrogens (tertiary/aromatic N) is 1. The van der Waals surface area contributed by atoms with Crippen LogP contribution in [0, 0.1) is 0 Å². The number of ether oxygens (including phenoxy) is 1. The normalized spacial score (nSPS) is 16.7. The molecule has 15 heavy (non-hydrogen) atoms. The zero-order valence-electron chi connectivity index (χ0n) is 9.79. The van der Waals surface area contributed by atoms with E-state index in [0.717, 1.165) is 25.8 Å². The van der Waals surface area contributed by atoms with Gasteiger partial charge in [-0.3, -0.25) is 0 Å². The molecular weight excluding hydrogens is 192 g/mol. The van der Waals surface area contributed by atoms with Crippen molar-refractivity contribution in [1.29, 1.82) is 0 Å². The number of amides is 2. The molecule has 0 bridgehead atoms. The van der Waals surface area contributed by atoms with Gasteiger partial charge in [0.15, 0.2) is 0 Å². The van der Waals surface area contributed by atoms with Gasteiger partial charge in [0.1, 0.15) is 0 Å². The van der Waals surface area contributed by atoms with Crippen LogP contribution in [0.4, 0.5) is 4.79 Å². The minimum atomic E-state index is 0.0537. The molecule has 0 unspecified atom stereocenters. The average molecular weight is 214 g/mol. The van der Waals surface area contributed by atoms with Crippen molar-refractivity contribution in [2.45, 2.75) is 38.1 Å². The van der Waals surface area contributed by atoms with Gasteiger partial charge in [-0.2, -0.15) is 0 Å². The summed E-state index contributed by atoms with van der Waals surface area (Å²) in [5, 5.41) is 3.05. The monoisotopic (exact) mass is 214 g/mol. The first-order valence-corrected chi connectivity index (χ1v) is 5.74. The maximum atomic E-state index is 11.7. The van der Waals surface area contributed by atoms with Crippen LogP contribution >= 0.6 is 0 Å². The number of urea groups is 1. The zero-order valence-corrected chi connectivity index (χ0v) is 9.79. The van der Waals surface area contributed by atoms with E-state index in [4.69, 9.17) is 4.74 Å². The highest BCUT2D eigenvalue weighted by Crippen LogP contribution is 2.17. The molecule has 1 aliphatic carbocycles. The van der Waals surface area contributed by atoms with Crippen molar-refractivity contribution in [3.63, 3.8) is 0 Å². The molecule has 0 aromatic carbocycles. The molecule has 1 saturated carbocycles. The number of carbonyl (C=O) groups excluding carboxylic acids is 1. The lowest BCUT2D eigenvalue weighted by Crippen LogP contribution is -2.42. The van der Waals surface area contributed by atoms with Crippen molar-refractivity contribution < 1.29 is 9.53 Å². The minimum Gasteiger partial charge on any atom is -0.385 e. The Bertz CT molecular complexity index is 191. The smallest absolute Gasteiger partial charge is 0.317 e. The van der Waals surface area contributed by atoms with Crippen LogP contribution in [-0.2, 0) is 4.74 Å². The third-order valence-electron chi connectivity index (χ3n) is 2.87. The summed E-state index contributed by atoms with van der Waals surface area (Å²) in [6.45, 7) is 1.47. The fraction of sp³-hybridized carbons (Fsp3) is 0.909. The van der Waals surface area contributed by atoms with Crippen LogP contribution in [0.1, 0.15) is 32.1 Å². The Morgan fingerprint density at radius 3 is 2.73 bits per heavy atom. The molecule has 2 amide bonds. The van der Waals surface area contributed by atoms with Crippen molar-refractivity contribution in [2.24, 2.45) is 0 Å². The molecule has 0 spiro atoms. The van der Waals surface area contributed by atoms with Crippen LogP contribution in [0.15, 0.2) is 0 Å². The summed E-state index contributed by atoms with van der Waals surface area (Å²) in [5.74, 6) is 0. The summed E-state index contributed by atoms with van der Waals surface area (Å²) < 4.78 is 4.95. The van der Waals surface area contributed by atoms with Gasteiger partial charge in [0.05, 0.1) is 0 Å². The Morgan fingerprint density at radius 2 is 2.13 bits per heavy atom. The van der Waals surface area contributed by atoms with Gasteiger partial charge in [-0.15, -0.1) is 0 Å². The number of methoxy groups -OCH3 is 1. The molecule has 0 saturated heterocycles. The Kier molecular flexibility index (Phi) is 5.47. The van der Waals surface area contributed by atoms with Gasteiger partial charge in [0.25, 0.3) is 0 Å². The Hall–Kier alpha value is -0.770. The highest BCUT2D eigenvalue weighted by Gasteiger charge is 2.18. The summed E-state index contributed by atoms with van der Waals surface area (Å²) >= 11 is 0. The van der Waals surface area contributed by atoms with Gasteiger partial charge >= 0.3 is 6.03 Å². The van der Waals surface area contributed by atoms with Crippen molar-refractivity contribution >= 4 is 6.03 Å². The minimum absolute atomic E-state index is 0.0537. The number of rotatable bonds is 5. The van der Waals surface area contributed by atoms with Crippen LogP contribution < -0.4 is 5.32 Å². The lowest BCUT2D eigenvalue weighted by atomic mass is 10.2. The summed E-state index contributed by atoms with van der Waals surface area (Å²) in [5.41, 5.74) is 0. The second-order valence-electron chi connectivity index (χ2n) is 4.20. The molecule has 0 radical (unpaired) electrons. The lowest BCUT2D eigenvalue weighted by molar-refractivity contribution is 0.174. The van der Waals surface area contributed by atoms with Crippen LogP contribution in [0.2, 0.25) is 0 Å². The number of hydrogen-bond donors (Lipinski definition) is 1. The summed E-state index contributed by atoms with van der Waals surface area (Å²) in [6.07, 6.45) is 5.66. The SMILES string of the molecule is COCCCN(C)C(=O)NC1CCCC1. The quantitative estimate of drug-likeness (QED) is 0.706. The molecule has 0 atom stereocenters. The van der Waals surface area contributed by atoms with E-state index in [-0.39, 0.29) is 6.03 Å². The van der Waals surface area contributed by atoms with Gasteiger partial charge in [-0.1, -0.05) is 12.8 Å². The summed E-state index contributed by atoms with van der Waals surface area (Å²) in [7, 11) is 3.51. The average Bonchev–Trinajstić information content (AvgIpc) is 2.70. The maximum absolute atomic E-state index is 11.7. The summed E-state index contributed by atoms with van der Waals surface area (Å²) in [6, 6.07) is 0.459. The molecule has 0 aromatic heterocycles. The van der Waals surface area contributed by atoms with Crippen molar-refractivity contribution in [3.8, 4) is 0 Å². The molecule has 4 nitrogen and oxygen atoms in total. The second-order valence-corrected chi connectivity index (χ2v) is 4.20.